The van der Waals surface area contributed by atoms with Crippen molar-refractivity contribution in [1.82, 2.24) is 0 Å². The highest BCUT2D eigenvalue weighted by molar-refractivity contribution is 6.05. The summed E-state index contributed by atoms with van der Waals surface area (Å²) in [6, 6.07) is 18.7. The van der Waals surface area contributed by atoms with E-state index in [4.69, 9.17) is 9.15 Å². The molecule has 23 heavy (non-hydrogen) atoms. The molecule has 116 valence electrons. The number of nitrogens with one attached hydrogen (secondary N) is 1. The van der Waals surface area contributed by atoms with E-state index in [0.29, 0.717) is 28.5 Å². The third-order valence-electron chi connectivity index (χ3n) is 3.55. The summed E-state index contributed by atoms with van der Waals surface area (Å²) in [6.07, 6.45) is 0. The van der Waals surface area contributed by atoms with Crippen LogP contribution in [0.1, 0.15) is 16.1 Å². The van der Waals surface area contributed by atoms with Gasteiger partial charge in [0.05, 0.1) is 12.7 Å². The Morgan fingerprint density at radius 3 is 2.57 bits per heavy atom. The molecule has 0 atom stereocenters. The molecule has 0 fully saturated rings. The van der Waals surface area contributed by atoms with Gasteiger partial charge in [0.25, 0.3) is 5.91 Å². The summed E-state index contributed by atoms with van der Waals surface area (Å²) in [5.74, 6) is 1.75. The van der Waals surface area contributed by atoms with Gasteiger partial charge in [0.2, 0.25) is 0 Å². The third kappa shape index (κ3) is 3.26. The van der Waals surface area contributed by atoms with E-state index in [1.165, 1.54) is 0 Å². The number of anilines is 1. The summed E-state index contributed by atoms with van der Waals surface area (Å²) in [5.41, 5.74) is 2.14. The molecule has 0 spiro atoms. The first-order chi connectivity index (χ1) is 11.2. The number of benzene rings is 2. The average molecular weight is 307 g/mol. The number of aryl methyl sites for hydroxylation is 1. The molecule has 0 aliphatic heterocycles. The van der Waals surface area contributed by atoms with E-state index in [1.54, 1.807) is 26.2 Å². The van der Waals surface area contributed by atoms with Gasteiger partial charge in [-0.2, -0.15) is 0 Å². The molecule has 0 aliphatic carbocycles. The summed E-state index contributed by atoms with van der Waals surface area (Å²) >= 11 is 0. The van der Waals surface area contributed by atoms with Crippen molar-refractivity contribution >= 4 is 11.6 Å². The predicted molar refractivity (Wildman–Crippen MR) is 89.8 cm³/mol. The van der Waals surface area contributed by atoms with Crippen molar-refractivity contribution in [3.63, 3.8) is 0 Å². The van der Waals surface area contributed by atoms with E-state index in [2.05, 4.69) is 5.32 Å². The Kier molecular flexibility index (Phi) is 4.15. The van der Waals surface area contributed by atoms with Crippen LogP contribution in [0.2, 0.25) is 0 Å². The Hall–Kier alpha value is -3.01. The molecule has 0 unspecified atom stereocenters. The van der Waals surface area contributed by atoms with Crippen LogP contribution in [0.15, 0.2) is 65.1 Å². The number of carbonyl (C=O) groups is 1. The van der Waals surface area contributed by atoms with Crippen molar-refractivity contribution in [2.75, 3.05) is 12.4 Å². The first-order valence-corrected chi connectivity index (χ1v) is 7.28. The van der Waals surface area contributed by atoms with Gasteiger partial charge in [-0.1, -0.05) is 36.4 Å². The Balaban J connectivity index is 1.84. The van der Waals surface area contributed by atoms with Crippen LogP contribution in [0.25, 0.3) is 11.3 Å². The average Bonchev–Trinajstić information content (AvgIpc) is 2.98. The number of furan rings is 1. The van der Waals surface area contributed by atoms with Gasteiger partial charge in [-0.25, -0.2) is 0 Å². The highest BCUT2D eigenvalue weighted by Gasteiger charge is 2.16. The molecule has 0 saturated heterocycles. The van der Waals surface area contributed by atoms with Crippen molar-refractivity contribution in [3.05, 3.63) is 72.0 Å². The van der Waals surface area contributed by atoms with Gasteiger partial charge < -0.3 is 14.5 Å². The van der Waals surface area contributed by atoms with E-state index in [0.717, 1.165) is 5.56 Å². The second kappa shape index (κ2) is 6.40. The standard InChI is InChI=1S/C19H17NO3/c1-13-17(12-18(23-13)14-7-4-3-5-8-14)19(21)20-15-9-6-10-16(11-15)22-2/h3-12H,1-2H3,(H,20,21). The molecular formula is C19H17NO3. The number of ether oxygens (including phenoxy) is 1. The lowest BCUT2D eigenvalue weighted by Gasteiger charge is -2.06. The Labute approximate surface area is 134 Å². The molecule has 3 rings (SSSR count). The zero-order valence-corrected chi connectivity index (χ0v) is 13.0. The molecule has 4 nitrogen and oxygen atoms in total. The van der Waals surface area contributed by atoms with Crippen molar-refractivity contribution in [2.45, 2.75) is 6.92 Å². The first kappa shape index (κ1) is 14.9. The monoisotopic (exact) mass is 307 g/mol. The topological polar surface area (TPSA) is 51.5 Å². The molecule has 1 heterocycles. The highest BCUT2D eigenvalue weighted by Crippen LogP contribution is 2.26. The van der Waals surface area contributed by atoms with Crippen LogP contribution in [-0.2, 0) is 0 Å². The number of methoxy groups -OCH3 is 1. The molecule has 4 heteroatoms. The Morgan fingerprint density at radius 1 is 1.04 bits per heavy atom. The van der Waals surface area contributed by atoms with Gasteiger partial charge in [-0.05, 0) is 25.1 Å². The van der Waals surface area contributed by atoms with Crippen LogP contribution in [-0.4, -0.2) is 13.0 Å². The summed E-state index contributed by atoms with van der Waals surface area (Å²) in [7, 11) is 1.59. The molecule has 0 radical (unpaired) electrons. The van der Waals surface area contributed by atoms with Crippen molar-refractivity contribution < 1.29 is 13.9 Å². The minimum Gasteiger partial charge on any atom is -0.497 e. The van der Waals surface area contributed by atoms with Crippen LogP contribution in [0.4, 0.5) is 5.69 Å². The maximum atomic E-state index is 12.5. The van der Waals surface area contributed by atoms with Crippen LogP contribution in [0, 0.1) is 6.92 Å². The normalized spacial score (nSPS) is 10.3. The summed E-state index contributed by atoms with van der Waals surface area (Å²) in [5, 5.41) is 2.86. The van der Waals surface area contributed by atoms with Crippen molar-refractivity contribution in [1.29, 1.82) is 0 Å². The smallest absolute Gasteiger partial charge is 0.259 e. The van der Waals surface area contributed by atoms with Gasteiger partial charge in [-0.3, -0.25) is 4.79 Å². The van der Waals surface area contributed by atoms with E-state index in [-0.39, 0.29) is 5.91 Å². The Morgan fingerprint density at radius 2 is 1.83 bits per heavy atom. The molecule has 0 aliphatic rings. The third-order valence-corrected chi connectivity index (χ3v) is 3.55. The highest BCUT2D eigenvalue weighted by atomic mass is 16.5. The van der Waals surface area contributed by atoms with Gasteiger partial charge in [0.15, 0.2) is 0 Å². The molecule has 0 saturated carbocycles. The fraction of sp³-hybridized carbons (Fsp3) is 0.105. The van der Waals surface area contributed by atoms with E-state index < -0.39 is 0 Å². The molecule has 0 bridgehead atoms. The minimum absolute atomic E-state index is 0.207. The van der Waals surface area contributed by atoms with E-state index in [9.17, 15) is 4.79 Å². The number of hydrogen-bond acceptors (Lipinski definition) is 3. The lowest BCUT2D eigenvalue weighted by atomic mass is 10.1. The zero-order chi connectivity index (χ0) is 16.2. The molecule has 1 amide bonds. The van der Waals surface area contributed by atoms with Gasteiger partial charge in [0.1, 0.15) is 17.3 Å². The van der Waals surface area contributed by atoms with Crippen LogP contribution >= 0.6 is 0 Å². The molecule has 1 N–H and O–H groups in total. The lowest BCUT2D eigenvalue weighted by molar-refractivity contribution is 0.102. The zero-order valence-electron chi connectivity index (χ0n) is 13.0. The maximum absolute atomic E-state index is 12.5. The lowest BCUT2D eigenvalue weighted by Crippen LogP contribution is -2.12. The summed E-state index contributed by atoms with van der Waals surface area (Å²) < 4.78 is 10.9. The first-order valence-electron chi connectivity index (χ1n) is 7.28. The number of carbonyl (C=O) groups excluding carboxylic acids is 1. The van der Waals surface area contributed by atoms with Crippen LogP contribution in [0.3, 0.4) is 0 Å². The SMILES string of the molecule is COc1cccc(NC(=O)c2cc(-c3ccccc3)oc2C)c1. The number of amides is 1. The second-order valence-electron chi connectivity index (χ2n) is 5.13. The molecular weight excluding hydrogens is 290 g/mol. The predicted octanol–water partition coefficient (Wildman–Crippen LogP) is 4.52. The van der Waals surface area contributed by atoms with Crippen molar-refractivity contribution in [2.24, 2.45) is 0 Å². The quantitative estimate of drug-likeness (QED) is 0.771. The maximum Gasteiger partial charge on any atom is 0.259 e. The molecule has 1 aromatic heterocycles. The van der Waals surface area contributed by atoms with Crippen molar-refractivity contribution in [3.8, 4) is 17.1 Å². The fourth-order valence-corrected chi connectivity index (χ4v) is 2.35. The van der Waals surface area contributed by atoms with Gasteiger partial charge in [-0.15, -0.1) is 0 Å². The minimum atomic E-state index is -0.207. The van der Waals surface area contributed by atoms with E-state index in [1.807, 2.05) is 48.5 Å². The van der Waals surface area contributed by atoms with Crippen LogP contribution < -0.4 is 10.1 Å². The van der Waals surface area contributed by atoms with Gasteiger partial charge >= 0.3 is 0 Å². The summed E-state index contributed by atoms with van der Waals surface area (Å²) in [4.78, 5) is 12.5. The summed E-state index contributed by atoms with van der Waals surface area (Å²) in [6.45, 7) is 1.78. The Bertz CT molecular complexity index is 822. The second-order valence-corrected chi connectivity index (χ2v) is 5.13. The molecule has 2 aromatic carbocycles. The van der Waals surface area contributed by atoms with Crippen LogP contribution in [0.5, 0.6) is 5.75 Å². The largest absolute Gasteiger partial charge is 0.497 e. The number of hydrogen-bond donors (Lipinski definition) is 1. The van der Waals surface area contributed by atoms with Gasteiger partial charge in [0, 0.05) is 17.3 Å². The number of rotatable bonds is 4. The molecule has 3 aromatic rings. The van der Waals surface area contributed by atoms with E-state index >= 15 is 0 Å². The fourth-order valence-electron chi connectivity index (χ4n) is 2.35.